The number of carboxylic acids is 1. The van der Waals surface area contributed by atoms with Crippen molar-refractivity contribution in [2.45, 2.75) is 36.2 Å². The number of phenols is 1. The lowest BCUT2D eigenvalue weighted by atomic mass is 9.83. The fraction of sp³-hybridized carbons (Fsp3) is 0.259. The number of nitrogen functional groups attached to an aromatic ring is 1. The van der Waals surface area contributed by atoms with Crippen LogP contribution < -0.4 is 10.9 Å². The van der Waals surface area contributed by atoms with Gasteiger partial charge in [-0.25, -0.2) is 23.3 Å². The minimum atomic E-state index is -4.82. The summed E-state index contributed by atoms with van der Waals surface area (Å²) in [6, 6.07) is 9.08. The van der Waals surface area contributed by atoms with E-state index < -0.39 is 51.0 Å². The van der Waals surface area contributed by atoms with Crippen LogP contribution in [0.15, 0.2) is 59.9 Å². The lowest BCUT2D eigenvalue weighted by Gasteiger charge is -2.33. The van der Waals surface area contributed by atoms with Crippen molar-refractivity contribution in [3.63, 3.8) is 0 Å². The number of rotatable bonds is 7. The van der Waals surface area contributed by atoms with Crippen molar-refractivity contribution in [3.8, 4) is 5.75 Å². The topological polar surface area (TPSA) is 257 Å². The third kappa shape index (κ3) is 4.76. The van der Waals surface area contributed by atoms with Crippen LogP contribution in [0.25, 0.3) is 16.6 Å². The number of para-hydroxylation sites is 1. The molecule has 3 atom stereocenters. The van der Waals surface area contributed by atoms with Gasteiger partial charge < -0.3 is 36.0 Å². The van der Waals surface area contributed by atoms with Gasteiger partial charge in [-0.05, 0) is 36.8 Å². The molecule has 2 heterocycles. The molecule has 1 amide bonds. The highest BCUT2D eigenvalue weighted by Gasteiger charge is 2.53. The molecule has 2 aliphatic rings. The molecule has 5 rings (SSSR count). The van der Waals surface area contributed by atoms with Gasteiger partial charge in [0.15, 0.2) is 0 Å². The summed E-state index contributed by atoms with van der Waals surface area (Å²) in [7, 11) is -4.82. The fourth-order valence-electron chi connectivity index (χ4n) is 5.51. The van der Waals surface area contributed by atoms with E-state index in [4.69, 9.17) is 16.3 Å². The van der Waals surface area contributed by atoms with Gasteiger partial charge in [-0.15, -0.1) is 0 Å². The largest absolute Gasteiger partial charge is 0.509 e. The standard InChI is InChI=1S/C27H28N6O8S/c28-24(29)14-5-6-18-19(9-14)32-26(31-18)27(42(30,40)41)11-13(7-17(23(27)37)16-3-1-2-4-21(16)35)8-22(36)33-12-15(34)10-20(33)25(38)39/h1-6,9,11,15,20,34-35,37H,7-8,10,12H2,(H3,28,29)(H,31,32)(H,38,39)(H2,30,40,41). The number of allylic oxidation sites excluding steroid dienone is 1. The zero-order chi connectivity index (χ0) is 30.6. The summed E-state index contributed by atoms with van der Waals surface area (Å²) in [4.78, 5) is 33.3. The van der Waals surface area contributed by atoms with E-state index in [1.807, 2.05) is 0 Å². The number of primary sulfonamides is 1. The van der Waals surface area contributed by atoms with Crippen LogP contribution in [0, 0.1) is 5.41 Å². The number of benzene rings is 2. The maximum Gasteiger partial charge on any atom is 0.326 e. The Kier molecular flexibility index (Phi) is 7.04. The molecule has 2 aromatic carbocycles. The Morgan fingerprint density at radius 2 is 1.90 bits per heavy atom. The molecule has 1 aliphatic heterocycles. The normalized spacial score (nSPS) is 22.8. The average molecular weight is 597 g/mol. The van der Waals surface area contributed by atoms with Gasteiger partial charge in [-0.2, -0.15) is 0 Å². The molecular weight excluding hydrogens is 568 g/mol. The second-order valence-corrected chi connectivity index (χ2v) is 12.0. The van der Waals surface area contributed by atoms with Crippen molar-refractivity contribution in [1.82, 2.24) is 14.9 Å². The third-order valence-corrected chi connectivity index (χ3v) is 8.94. The number of carbonyl (C=O) groups excluding carboxylic acids is 1. The summed E-state index contributed by atoms with van der Waals surface area (Å²) < 4.78 is 24.4. The van der Waals surface area contributed by atoms with Crippen LogP contribution in [-0.2, 0) is 24.4 Å². The van der Waals surface area contributed by atoms with Crippen LogP contribution >= 0.6 is 0 Å². The van der Waals surface area contributed by atoms with Crippen molar-refractivity contribution in [1.29, 1.82) is 5.41 Å². The lowest BCUT2D eigenvalue weighted by molar-refractivity contribution is -0.148. The van der Waals surface area contributed by atoms with Crippen molar-refractivity contribution in [2.24, 2.45) is 10.9 Å². The number of aliphatic hydroxyl groups excluding tert-OH is 2. The highest BCUT2D eigenvalue weighted by Crippen LogP contribution is 2.48. The third-order valence-electron chi connectivity index (χ3n) is 7.53. The van der Waals surface area contributed by atoms with Crippen molar-refractivity contribution in [2.75, 3.05) is 6.54 Å². The molecule has 15 heteroatoms. The van der Waals surface area contributed by atoms with Gasteiger partial charge in [-0.1, -0.05) is 23.8 Å². The fourth-order valence-corrected chi connectivity index (χ4v) is 6.60. The van der Waals surface area contributed by atoms with Crippen molar-refractivity contribution < 1.29 is 38.4 Å². The second kappa shape index (κ2) is 10.3. The number of sulfonamides is 1. The van der Waals surface area contributed by atoms with E-state index in [9.17, 15) is 38.4 Å². The molecule has 1 aromatic heterocycles. The van der Waals surface area contributed by atoms with Gasteiger partial charge in [0.2, 0.25) is 20.7 Å². The number of hydrogen-bond donors (Lipinski definition) is 8. The zero-order valence-electron chi connectivity index (χ0n) is 22.0. The van der Waals surface area contributed by atoms with E-state index in [1.54, 1.807) is 6.07 Å². The molecule has 14 nitrogen and oxygen atoms in total. The van der Waals surface area contributed by atoms with Crippen LogP contribution in [0.2, 0.25) is 0 Å². The van der Waals surface area contributed by atoms with Crippen molar-refractivity contribution in [3.05, 3.63) is 76.8 Å². The number of carboxylic acid groups (broad SMARTS) is 1. The molecule has 3 aromatic rings. The smallest absolute Gasteiger partial charge is 0.326 e. The first kappa shape index (κ1) is 28.8. The van der Waals surface area contributed by atoms with Gasteiger partial charge in [0.1, 0.15) is 29.2 Å². The van der Waals surface area contributed by atoms with Crippen LogP contribution in [0.5, 0.6) is 5.75 Å². The number of aliphatic hydroxyl groups is 2. The molecule has 0 spiro atoms. The van der Waals surface area contributed by atoms with E-state index in [-0.39, 0.29) is 64.5 Å². The Morgan fingerprint density at radius 3 is 2.55 bits per heavy atom. The van der Waals surface area contributed by atoms with E-state index in [0.717, 1.165) is 11.0 Å². The number of aliphatic carboxylic acids is 1. The molecule has 42 heavy (non-hydrogen) atoms. The Morgan fingerprint density at radius 1 is 1.19 bits per heavy atom. The number of likely N-dealkylation sites (tertiary alicyclic amines) is 1. The molecule has 220 valence electrons. The quantitative estimate of drug-likeness (QED) is 0.108. The first-order valence-electron chi connectivity index (χ1n) is 12.7. The molecule has 0 radical (unpaired) electrons. The van der Waals surface area contributed by atoms with E-state index in [2.05, 4.69) is 9.97 Å². The zero-order valence-corrected chi connectivity index (χ0v) is 22.8. The minimum Gasteiger partial charge on any atom is -0.509 e. The summed E-state index contributed by atoms with van der Waals surface area (Å²) in [5.74, 6) is -3.59. The molecular formula is C27H28N6O8S. The predicted molar refractivity (Wildman–Crippen MR) is 151 cm³/mol. The molecule has 1 saturated heterocycles. The maximum absolute atomic E-state index is 13.5. The summed E-state index contributed by atoms with van der Waals surface area (Å²) in [5.41, 5.74) is 6.63. The van der Waals surface area contributed by atoms with Gasteiger partial charge in [-0.3, -0.25) is 10.2 Å². The Labute approximate surface area is 239 Å². The number of nitrogens with zero attached hydrogens (tertiary/aromatic N) is 2. The number of phenolic OH excluding ortho intramolecular Hbond substituents is 1. The first-order valence-corrected chi connectivity index (χ1v) is 14.3. The van der Waals surface area contributed by atoms with Gasteiger partial charge in [0.25, 0.3) is 0 Å². The van der Waals surface area contributed by atoms with Gasteiger partial charge in [0.05, 0.1) is 17.1 Å². The number of fused-ring (bicyclic) bond motifs is 1. The summed E-state index contributed by atoms with van der Waals surface area (Å²) >= 11 is 0. The monoisotopic (exact) mass is 596 g/mol. The van der Waals surface area contributed by atoms with Crippen LogP contribution in [0.3, 0.4) is 0 Å². The Balaban J connectivity index is 1.71. The highest BCUT2D eigenvalue weighted by molar-refractivity contribution is 7.90. The number of hydrogen-bond acceptors (Lipinski definition) is 9. The van der Waals surface area contributed by atoms with Crippen LogP contribution in [-0.4, -0.2) is 80.1 Å². The number of imidazole rings is 1. The molecule has 1 aliphatic carbocycles. The number of nitrogens with one attached hydrogen (secondary N) is 2. The van der Waals surface area contributed by atoms with E-state index in [0.29, 0.717) is 5.56 Å². The predicted octanol–water partition coefficient (Wildman–Crippen LogP) is 0.772. The number of aromatic hydroxyl groups is 1. The van der Waals surface area contributed by atoms with E-state index >= 15 is 0 Å². The van der Waals surface area contributed by atoms with Crippen molar-refractivity contribution >= 4 is 44.3 Å². The van der Waals surface area contributed by atoms with E-state index in [1.165, 1.54) is 36.4 Å². The lowest BCUT2D eigenvalue weighted by Crippen LogP contribution is -2.44. The second-order valence-electron chi connectivity index (χ2n) is 10.3. The molecule has 0 bridgehead atoms. The number of β-amino-alcohol motifs (C(OH)–C–C–N with tert-alkyl or cyclic N) is 1. The number of nitrogens with two attached hydrogens (primary N) is 2. The number of amides is 1. The van der Waals surface area contributed by atoms with Crippen LogP contribution in [0.4, 0.5) is 0 Å². The van der Waals surface area contributed by atoms with Gasteiger partial charge >= 0.3 is 5.97 Å². The maximum atomic E-state index is 13.5. The highest BCUT2D eigenvalue weighted by atomic mass is 32.2. The molecule has 3 unspecified atom stereocenters. The minimum absolute atomic E-state index is 0.0476. The summed E-state index contributed by atoms with van der Waals surface area (Å²) in [6.07, 6.45) is -0.783. The average Bonchev–Trinajstić information content (AvgIpc) is 3.52. The number of H-pyrrole nitrogens is 1. The SMILES string of the molecule is N=C(N)c1ccc2nc(C3(S(N)(=O)=O)C=C(CC(=O)N4CC(O)CC4C(=O)O)CC(c4ccccc4O)=C3O)[nH]c2c1. The first-order chi connectivity index (χ1) is 19.7. The number of aromatic nitrogens is 2. The number of aromatic amines is 1. The molecule has 0 saturated carbocycles. The molecule has 1 fully saturated rings. The summed E-state index contributed by atoms with van der Waals surface area (Å²) in [5, 5.41) is 55.4. The van der Waals surface area contributed by atoms with Crippen LogP contribution in [0.1, 0.15) is 36.2 Å². The molecule has 10 N–H and O–H groups in total. The van der Waals surface area contributed by atoms with Gasteiger partial charge in [0, 0.05) is 36.1 Å². The number of carbonyl (C=O) groups is 2. The summed E-state index contributed by atoms with van der Waals surface area (Å²) in [6.45, 7) is -0.223. The Hall–Kier alpha value is -4.73. The number of amidine groups is 1. The Bertz CT molecular complexity index is 1810.